The highest BCUT2D eigenvalue weighted by Gasteiger charge is 2.16. The van der Waals surface area contributed by atoms with Crippen molar-refractivity contribution in [3.8, 4) is 11.5 Å². The third kappa shape index (κ3) is 4.38. The Balaban J connectivity index is 2.83. The molecule has 0 bridgehead atoms. The summed E-state index contributed by atoms with van der Waals surface area (Å²) in [4.78, 5) is 0.151. The van der Waals surface area contributed by atoms with E-state index in [-0.39, 0.29) is 4.90 Å². The molecule has 0 saturated carbocycles. The van der Waals surface area contributed by atoms with Crippen molar-refractivity contribution in [3.05, 3.63) is 18.2 Å². The largest absolute Gasteiger partial charge is 0.493 e. The molecule has 1 aromatic carbocycles. The van der Waals surface area contributed by atoms with Gasteiger partial charge in [-0.1, -0.05) is 0 Å². The average molecular weight is 288 g/mol. The van der Waals surface area contributed by atoms with Crippen LogP contribution >= 0.6 is 0 Å². The summed E-state index contributed by atoms with van der Waals surface area (Å²) in [7, 11) is -0.566. The van der Waals surface area contributed by atoms with E-state index in [0.29, 0.717) is 31.0 Å². The van der Waals surface area contributed by atoms with Crippen LogP contribution in [0.2, 0.25) is 0 Å². The fourth-order valence-corrected chi connectivity index (χ4v) is 2.63. The summed E-state index contributed by atoms with van der Waals surface area (Å²) in [6.45, 7) is 0.923. The van der Waals surface area contributed by atoms with Gasteiger partial charge in [-0.15, -0.1) is 0 Å². The zero-order chi connectivity index (χ0) is 14.3. The van der Waals surface area contributed by atoms with Crippen LogP contribution in [0, 0.1) is 0 Å². The number of nitrogens with one attached hydrogen (secondary N) is 1. The van der Waals surface area contributed by atoms with Crippen LogP contribution in [-0.4, -0.2) is 35.7 Å². The summed E-state index contributed by atoms with van der Waals surface area (Å²) < 4.78 is 36.7. The minimum Gasteiger partial charge on any atom is -0.493 e. The van der Waals surface area contributed by atoms with Crippen LogP contribution in [0.5, 0.6) is 11.5 Å². The molecule has 0 heterocycles. The Hall–Kier alpha value is -1.31. The molecular formula is C12H20N2O4S. The first-order chi connectivity index (χ1) is 9.05. The maximum absolute atomic E-state index is 12.0. The Morgan fingerprint density at radius 3 is 2.42 bits per heavy atom. The summed E-state index contributed by atoms with van der Waals surface area (Å²) in [6.07, 6.45) is 1.50. The summed E-state index contributed by atoms with van der Waals surface area (Å²) in [5.74, 6) is 0.872. The predicted molar refractivity (Wildman–Crippen MR) is 73.0 cm³/mol. The van der Waals surface area contributed by atoms with Crippen molar-refractivity contribution in [2.24, 2.45) is 5.73 Å². The van der Waals surface area contributed by atoms with E-state index < -0.39 is 10.0 Å². The van der Waals surface area contributed by atoms with Gasteiger partial charge >= 0.3 is 0 Å². The highest BCUT2D eigenvalue weighted by molar-refractivity contribution is 7.89. The Labute approximate surface area is 113 Å². The van der Waals surface area contributed by atoms with Crippen LogP contribution in [0.4, 0.5) is 0 Å². The van der Waals surface area contributed by atoms with E-state index in [2.05, 4.69) is 4.72 Å². The molecular weight excluding hydrogens is 268 g/mol. The number of hydrogen-bond acceptors (Lipinski definition) is 5. The average Bonchev–Trinajstić information content (AvgIpc) is 2.42. The molecule has 0 atom stereocenters. The number of nitrogens with two attached hydrogens (primary N) is 1. The minimum atomic E-state index is -3.52. The normalized spacial score (nSPS) is 11.3. The van der Waals surface area contributed by atoms with Crippen molar-refractivity contribution in [3.63, 3.8) is 0 Å². The van der Waals surface area contributed by atoms with Crippen molar-refractivity contribution < 1.29 is 17.9 Å². The van der Waals surface area contributed by atoms with Crippen molar-refractivity contribution in [1.82, 2.24) is 4.72 Å². The molecule has 3 N–H and O–H groups in total. The number of benzene rings is 1. The van der Waals surface area contributed by atoms with E-state index in [0.717, 1.165) is 6.42 Å². The van der Waals surface area contributed by atoms with Gasteiger partial charge in [-0.05, 0) is 31.5 Å². The van der Waals surface area contributed by atoms with Gasteiger partial charge in [0.15, 0.2) is 11.5 Å². The molecule has 0 aliphatic carbocycles. The molecule has 0 aromatic heterocycles. The van der Waals surface area contributed by atoms with Crippen LogP contribution in [0.1, 0.15) is 12.8 Å². The Kier molecular flexibility index (Phi) is 6.07. The second-order valence-corrected chi connectivity index (χ2v) is 5.68. The fraction of sp³-hybridized carbons (Fsp3) is 0.500. The van der Waals surface area contributed by atoms with E-state index >= 15 is 0 Å². The summed E-state index contributed by atoms with van der Waals surface area (Å²) in [6, 6.07) is 4.48. The molecule has 0 spiro atoms. The molecule has 0 aliphatic heterocycles. The lowest BCUT2D eigenvalue weighted by Gasteiger charge is -2.10. The lowest BCUT2D eigenvalue weighted by atomic mass is 10.3. The van der Waals surface area contributed by atoms with Crippen molar-refractivity contribution >= 4 is 10.0 Å². The number of sulfonamides is 1. The first kappa shape index (κ1) is 15.7. The number of methoxy groups -OCH3 is 2. The molecule has 0 unspecified atom stereocenters. The van der Waals surface area contributed by atoms with E-state index in [1.807, 2.05) is 0 Å². The standard InChI is InChI=1S/C12H20N2O4S/c1-17-11-6-5-10(9-12(11)18-2)19(15,16)14-8-4-3-7-13/h5-6,9,14H,3-4,7-8,13H2,1-2H3. The van der Waals surface area contributed by atoms with Gasteiger partial charge in [-0.3, -0.25) is 0 Å². The van der Waals surface area contributed by atoms with Gasteiger partial charge in [-0.2, -0.15) is 0 Å². The zero-order valence-electron chi connectivity index (χ0n) is 11.2. The van der Waals surface area contributed by atoms with E-state index in [1.54, 1.807) is 6.07 Å². The van der Waals surface area contributed by atoms with Gasteiger partial charge in [0.1, 0.15) is 0 Å². The van der Waals surface area contributed by atoms with Gasteiger partial charge in [-0.25, -0.2) is 13.1 Å². The van der Waals surface area contributed by atoms with Crippen LogP contribution in [0.15, 0.2) is 23.1 Å². The molecule has 0 fully saturated rings. The number of rotatable bonds is 8. The van der Waals surface area contributed by atoms with Crippen molar-refractivity contribution in [2.75, 3.05) is 27.3 Å². The molecule has 1 rings (SSSR count). The second-order valence-electron chi connectivity index (χ2n) is 3.91. The van der Waals surface area contributed by atoms with Crippen molar-refractivity contribution in [1.29, 1.82) is 0 Å². The molecule has 19 heavy (non-hydrogen) atoms. The first-order valence-corrected chi connectivity index (χ1v) is 7.45. The number of ether oxygens (including phenoxy) is 2. The van der Waals surface area contributed by atoms with E-state index in [9.17, 15) is 8.42 Å². The SMILES string of the molecule is COc1ccc(S(=O)(=O)NCCCCN)cc1OC. The van der Waals surface area contributed by atoms with E-state index in [4.69, 9.17) is 15.2 Å². The molecule has 1 aromatic rings. The second kappa shape index (κ2) is 7.32. The van der Waals surface area contributed by atoms with Crippen LogP contribution in [0.25, 0.3) is 0 Å². The zero-order valence-corrected chi connectivity index (χ0v) is 12.0. The molecule has 0 aliphatic rings. The lowest BCUT2D eigenvalue weighted by Crippen LogP contribution is -2.25. The Morgan fingerprint density at radius 1 is 1.16 bits per heavy atom. The molecule has 7 heteroatoms. The van der Waals surface area contributed by atoms with Crippen molar-refractivity contribution in [2.45, 2.75) is 17.7 Å². The molecule has 0 amide bonds. The highest BCUT2D eigenvalue weighted by Crippen LogP contribution is 2.29. The summed E-state index contributed by atoms with van der Waals surface area (Å²) in [5, 5.41) is 0. The fourth-order valence-electron chi connectivity index (χ4n) is 1.54. The van der Waals surface area contributed by atoms with Gasteiger partial charge in [0.05, 0.1) is 19.1 Å². The van der Waals surface area contributed by atoms with Crippen LogP contribution < -0.4 is 19.9 Å². The highest BCUT2D eigenvalue weighted by atomic mass is 32.2. The maximum atomic E-state index is 12.0. The molecule has 108 valence electrons. The summed E-state index contributed by atoms with van der Waals surface area (Å²) in [5.41, 5.74) is 5.35. The molecule has 0 saturated heterocycles. The topological polar surface area (TPSA) is 90.7 Å². The van der Waals surface area contributed by atoms with Gasteiger partial charge in [0.25, 0.3) is 0 Å². The monoisotopic (exact) mass is 288 g/mol. The molecule has 0 radical (unpaired) electrons. The van der Waals surface area contributed by atoms with Gasteiger partial charge in [0.2, 0.25) is 10.0 Å². The van der Waals surface area contributed by atoms with Gasteiger partial charge < -0.3 is 15.2 Å². The number of unbranched alkanes of at least 4 members (excludes halogenated alkanes) is 1. The van der Waals surface area contributed by atoms with E-state index in [1.165, 1.54) is 26.4 Å². The predicted octanol–water partition coefficient (Wildman–Crippen LogP) is 0.721. The van der Waals surface area contributed by atoms with Crippen LogP contribution in [0.3, 0.4) is 0 Å². The summed E-state index contributed by atoms with van der Waals surface area (Å²) >= 11 is 0. The molecule has 6 nitrogen and oxygen atoms in total. The Bertz CT molecular complexity index is 502. The first-order valence-electron chi connectivity index (χ1n) is 5.97. The lowest BCUT2D eigenvalue weighted by molar-refractivity contribution is 0.354. The maximum Gasteiger partial charge on any atom is 0.240 e. The Morgan fingerprint density at radius 2 is 1.84 bits per heavy atom. The smallest absolute Gasteiger partial charge is 0.240 e. The number of hydrogen-bond donors (Lipinski definition) is 2. The quantitative estimate of drug-likeness (QED) is 0.688. The third-order valence-corrected chi connectivity index (χ3v) is 4.05. The van der Waals surface area contributed by atoms with Gasteiger partial charge in [0, 0.05) is 12.6 Å². The third-order valence-electron chi connectivity index (χ3n) is 2.59. The van der Waals surface area contributed by atoms with Crippen LogP contribution in [-0.2, 0) is 10.0 Å². The minimum absolute atomic E-state index is 0.151.